The number of aromatic nitrogens is 3. The summed E-state index contributed by atoms with van der Waals surface area (Å²) in [6.07, 6.45) is 6.45. The second-order valence-corrected chi connectivity index (χ2v) is 11.9. The van der Waals surface area contributed by atoms with Gasteiger partial charge >= 0.3 is 0 Å². The molecule has 2 fully saturated rings. The highest BCUT2D eigenvalue weighted by molar-refractivity contribution is 5.80. The normalized spacial score (nSPS) is 20.1. The van der Waals surface area contributed by atoms with Crippen molar-refractivity contribution in [1.29, 1.82) is 0 Å². The van der Waals surface area contributed by atoms with E-state index in [0.717, 1.165) is 37.0 Å². The number of methoxy groups -OCH3 is 1. The van der Waals surface area contributed by atoms with Crippen LogP contribution in [0.2, 0.25) is 0 Å². The molecule has 43 heavy (non-hydrogen) atoms. The van der Waals surface area contributed by atoms with Gasteiger partial charge in [-0.1, -0.05) is 55.3 Å². The minimum absolute atomic E-state index is 0.0201. The molecule has 0 spiro atoms. The first-order valence-electron chi connectivity index (χ1n) is 15.2. The number of hydrogen-bond acceptors (Lipinski definition) is 7. The van der Waals surface area contributed by atoms with Crippen molar-refractivity contribution in [3.8, 4) is 5.75 Å². The number of nitrogens with one attached hydrogen (secondary N) is 1. The van der Waals surface area contributed by atoms with Gasteiger partial charge in [-0.3, -0.25) is 14.2 Å². The van der Waals surface area contributed by atoms with Crippen molar-refractivity contribution in [3.05, 3.63) is 94.5 Å². The van der Waals surface area contributed by atoms with Crippen LogP contribution >= 0.6 is 0 Å². The molecule has 2 N–H and O–H groups in total. The van der Waals surface area contributed by atoms with E-state index in [4.69, 9.17) is 4.74 Å². The van der Waals surface area contributed by atoms with Gasteiger partial charge in [0.15, 0.2) is 5.52 Å². The minimum Gasteiger partial charge on any atom is -0.497 e. The van der Waals surface area contributed by atoms with Gasteiger partial charge in [-0.2, -0.15) is 0 Å². The molecule has 9 heteroatoms. The molecule has 1 amide bonds. The van der Waals surface area contributed by atoms with Crippen molar-refractivity contribution in [2.24, 2.45) is 5.92 Å². The van der Waals surface area contributed by atoms with Crippen LogP contribution in [-0.4, -0.2) is 56.2 Å². The summed E-state index contributed by atoms with van der Waals surface area (Å²) in [7, 11) is 1.63. The summed E-state index contributed by atoms with van der Waals surface area (Å²) in [5.41, 5.74) is 1.65. The van der Waals surface area contributed by atoms with E-state index in [1.54, 1.807) is 19.2 Å². The average molecular weight is 582 g/mol. The molecule has 3 heterocycles. The second-order valence-electron chi connectivity index (χ2n) is 11.9. The van der Waals surface area contributed by atoms with Gasteiger partial charge in [-0.05, 0) is 67.0 Å². The van der Waals surface area contributed by atoms with Gasteiger partial charge in [-0.25, -0.2) is 9.97 Å². The first-order valence-corrected chi connectivity index (χ1v) is 15.2. The number of piperidine rings is 1. The molecular formula is C34H39N5O4. The molecule has 224 valence electrons. The van der Waals surface area contributed by atoms with Crippen molar-refractivity contribution < 1.29 is 14.6 Å². The number of nitrogens with zero attached hydrogens (tertiary/aromatic N) is 4. The summed E-state index contributed by atoms with van der Waals surface area (Å²) in [6.45, 7) is 1.60. The Morgan fingerprint density at radius 1 is 1.02 bits per heavy atom. The maximum atomic E-state index is 13.7. The Hall–Kier alpha value is -4.24. The summed E-state index contributed by atoms with van der Waals surface area (Å²) in [5.74, 6) is 1.78. The van der Waals surface area contributed by atoms with Crippen molar-refractivity contribution in [1.82, 2.24) is 19.4 Å². The van der Waals surface area contributed by atoms with E-state index < -0.39 is 5.60 Å². The largest absolute Gasteiger partial charge is 0.497 e. The number of anilines is 1. The average Bonchev–Trinajstić information content (AvgIpc) is 3.06. The third-order valence-corrected chi connectivity index (χ3v) is 9.09. The maximum absolute atomic E-state index is 13.7. The Labute approximate surface area is 251 Å². The lowest BCUT2D eigenvalue weighted by atomic mass is 9.74. The summed E-state index contributed by atoms with van der Waals surface area (Å²) < 4.78 is 6.66. The van der Waals surface area contributed by atoms with E-state index >= 15 is 0 Å². The van der Waals surface area contributed by atoms with Crippen LogP contribution in [0.1, 0.15) is 55.6 Å². The molecule has 4 aromatic rings. The van der Waals surface area contributed by atoms with E-state index in [9.17, 15) is 14.7 Å². The van der Waals surface area contributed by atoms with Gasteiger partial charge in [0.25, 0.3) is 5.56 Å². The number of rotatable bonds is 8. The molecule has 2 aromatic carbocycles. The van der Waals surface area contributed by atoms with Crippen LogP contribution in [-0.2, 0) is 17.9 Å². The lowest BCUT2D eigenvalue weighted by molar-refractivity contribution is -0.142. The Kier molecular flexibility index (Phi) is 8.42. The lowest BCUT2D eigenvalue weighted by Gasteiger charge is -2.41. The molecule has 2 aromatic heterocycles. The molecule has 1 saturated carbocycles. The van der Waals surface area contributed by atoms with Gasteiger partial charge in [0.2, 0.25) is 5.91 Å². The highest BCUT2D eigenvalue weighted by Gasteiger charge is 2.39. The highest BCUT2D eigenvalue weighted by Crippen LogP contribution is 2.39. The fourth-order valence-corrected chi connectivity index (χ4v) is 6.56. The number of likely N-dealkylation sites (tertiary alicyclic amines) is 1. The monoisotopic (exact) mass is 581 g/mol. The van der Waals surface area contributed by atoms with Crippen molar-refractivity contribution >= 4 is 22.8 Å². The molecular weight excluding hydrogens is 542 g/mol. The molecule has 1 aliphatic carbocycles. The van der Waals surface area contributed by atoms with Crippen LogP contribution in [0.3, 0.4) is 0 Å². The number of amides is 1. The summed E-state index contributed by atoms with van der Waals surface area (Å²) in [5, 5.41) is 14.8. The predicted octanol–water partition coefficient (Wildman–Crippen LogP) is 4.74. The minimum atomic E-state index is -1.11. The third kappa shape index (κ3) is 6.41. The quantitative estimate of drug-likeness (QED) is 0.309. The number of hydrogen-bond donors (Lipinski definition) is 2. The first kappa shape index (κ1) is 28.9. The zero-order valence-corrected chi connectivity index (χ0v) is 24.6. The molecule has 2 aliphatic rings. The molecule has 0 radical (unpaired) electrons. The fraction of sp³-hybridized carbons (Fsp3) is 0.412. The third-order valence-electron chi connectivity index (χ3n) is 9.09. The van der Waals surface area contributed by atoms with Gasteiger partial charge < -0.3 is 20.1 Å². The van der Waals surface area contributed by atoms with Crippen LogP contribution in [0.4, 0.5) is 5.82 Å². The molecule has 9 nitrogen and oxygen atoms in total. The van der Waals surface area contributed by atoms with Crippen molar-refractivity contribution in [2.75, 3.05) is 25.5 Å². The molecule has 6 rings (SSSR count). The molecule has 2 unspecified atom stereocenters. The number of ether oxygens (including phenoxy) is 1. The molecule has 2 atom stereocenters. The Bertz CT molecular complexity index is 1610. The number of benzene rings is 2. The number of pyridine rings is 1. The fourth-order valence-electron chi connectivity index (χ4n) is 6.56. The number of carbonyl (C=O) groups excluding carboxylic acids is 1. The highest BCUT2D eigenvalue weighted by atomic mass is 16.5. The predicted molar refractivity (Wildman–Crippen MR) is 166 cm³/mol. The van der Waals surface area contributed by atoms with E-state index in [1.165, 1.54) is 16.5 Å². The van der Waals surface area contributed by atoms with Gasteiger partial charge in [-0.15, -0.1) is 0 Å². The van der Waals surface area contributed by atoms with Crippen LogP contribution < -0.4 is 15.6 Å². The SMILES string of the molecule is COc1ccc(CNc2ccc3ncn(CC4(O)CCN(C(=O)C5CCCCC5c5ccccc5)CC4)c(=O)c3n2)cc1. The molecule has 1 aliphatic heterocycles. The van der Waals surface area contributed by atoms with Gasteiger partial charge in [0.05, 0.1) is 31.1 Å². The zero-order chi connectivity index (χ0) is 29.8. The smallest absolute Gasteiger partial charge is 0.280 e. The Morgan fingerprint density at radius 2 is 1.77 bits per heavy atom. The number of carbonyl (C=O) groups is 1. The van der Waals surface area contributed by atoms with Crippen LogP contribution in [0.5, 0.6) is 5.75 Å². The van der Waals surface area contributed by atoms with Gasteiger partial charge in [0.1, 0.15) is 11.6 Å². The summed E-state index contributed by atoms with van der Waals surface area (Å²) >= 11 is 0. The van der Waals surface area contributed by atoms with Crippen molar-refractivity contribution in [2.45, 2.75) is 63.1 Å². The number of fused-ring (bicyclic) bond motifs is 1. The van der Waals surface area contributed by atoms with Crippen LogP contribution in [0, 0.1) is 5.92 Å². The second kappa shape index (κ2) is 12.6. The standard InChI is InChI=1S/C34H39N5O4/c1-43-26-13-11-24(12-14-26)21-35-30-16-15-29-31(37-30)33(41)39(23-36-29)22-34(42)17-19-38(20-18-34)32(40)28-10-6-5-9-27(28)25-7-3-2-4-8-25/h2-4,7-8,11-16,23,27-28,42H,5-6,9-10,17-22H2,1H3,(H,35,37). The topological polar surface area (TPSA) is 110 Å². The molecule has 1 saturated heterocycles. The lowest BCUT2D eigenvalue weighted by Crippen LogP contribution is -2.51. The first-order chi connectivity index (χ1) is 20.9. The van der Waals surface area contributed by atoms with E-state index in [2.05, 4.69) is 27.4 Å². The Morgan fingerprint density at radius 3 is 2.51 bits per heavy atom. The zero-order valence-electron chi connectivity index (χ0n) is 24.6. The molecule has 0 bridgehead atoms. The van der Waals surface area contributed by atoms with Crippen LogP contribution in [0.25, 0.3) is 11.0 Å². The van der Waals surface area contributed by atoms with E-state index in [0.29, 0.717) is 43.8 Å². The summed E-state index contributed by atoms with van der Waals surface area (Å²) in [4.78, 5) is 38.0. The maximum Gasteiger partial charge on any atom is 0.280 e. The van der Waals surface area contributed by atoms with Crippen LogP contribution in [0.15, 0.2) is 77.9 Å². The van der Waals surface area contributed by atoms with Gasteiger partial charge in [0, 0.05) is 25.6 Å². The van der Waals surface area contributed by atoms with Crippen molar-refractivity contribution in [3.63, 3.8) is 0 Å². The van der Waals surface area contributed by atoms with E-state index in [-0.39, 0.29) is 35.4 Å². The van der Waals surface area contributed by atoms with E-state index in [1.807, 2.05) is 47.4 Å². The Balaban J connectivity index is 1.11. The summed E-state index contributed by atoms with van der Waals surface area (Å²) in [6, 6.07) is 21.7. The number of aliphatic hydroxyl groups is 1.